The fourth-order valence-electron chi connectivity index (χ4n) is 3.47. The van der Waals surface area contributed by atoms with Gasteiger partial charge in [0.2, 0.25) is 0 Å². The number of carbonyl (C=O) groups is 1. The second-order valence-corrected chi connectivity index (χ2v) is 6.47. The van der Waals surface area contributed by atoms with Crippen LogP contribution in [0.2, 0.25) is 0 Å². The maximum atomic E-state index is 11.8. The van der Waals surface area contributed by atoms with E-state index in [2.05, 4.69) is 15.3 Å². The van der Waals surface area contributed by atoms with E-state index in [9.17, 15) is 4.79 Å². The monoisotopic (exact) mass is 342 g/mol. The van der Waals surface area contributed by atoms with E-state index in [0.717, 1.165) is 29.9 Å². The Hall–Kier alpha value is -2.70. The van der Waals surface area contributed by atoms with E-state index in [1.807, 2.05) is 23.1 Å². The normalized spacial score (nSPS) is 17.3. The van der Waals surface area contributed by atoms with Crippen molar-refractivity contribution in [1.82, 2.24) is 15.3 Å². The summed E-state index contributed by atoms with van der Waals surface area (Å²) in [6.07, 6.45) is 6.47. The molecule has 1 amide bonds. The van der Waals surface area contributed by atoms with Gasteiger partial charge in [-0.05, 0) is 43.4 Å². The molecule has 25 heavy (non-hydrogen) atoms. The van der Waals surface area contributed by atoms with Crippen molar-refractivity contribution < 1.29 is 14.3 Å². The van der Waals surface area contributed by atoms with Gasteiger partial charge in [-0.25, -0.2) is 4.98 Å². The van der Waals surface area contributed by atoms with Gasteiger partial charge in [0.1, 0.15) is 5.69 Å². The quantitative estimate of drug-likeness (QED) is 0.872. The first-order valence-electron chi connectivity index (χ1n) is 8.64. The lowest BCUT2D eigenvalue weighted by atomic mass is 10.1. The highest BCUT2D eigenvalue weighted by molar-refractivity contribution is 5.98. The molecule has 0 radical (unpaired) electrons. The smallest absolute Gasteiger partial charge is 0.272 e. The second kappa shape index (κ2) is 6.66. The van der Waals surface area contributed by atoms with Gasteiger partial charge in [0.25, 0.3) is 5.91 Å². The van der Waals surface area contributed by atoms with Crippen molar-refractivity contribution in [1.29, 1.82) is 0 Å². The molecule has 132 valence electrons. The molecule has 1 saturated carbocycles. The van der Waals surface area contributed by atoms with Crippen molar-refractivity contribution in [3.05, 3.63) is 35.8 Å². The van der Waals surface area contributed by atoms with Crippen molar-refractivity contribution in [3.8, 4) is 11.5 Å². The van der Waals surface area contributed by atoms with Gasteiger partial charge in [-0.3, -0.25) is 4.79 Å². The Bertz CT molecular complexity index is 767. The van der Waals surface area contributed by atoms with Crippen molar-refractivity contribution in [2.24, 2.45) is 0 Å². The van der Waals surface area contributed by atoms with E-state index in [-0.39, 0.29) is 12.0 Å². The van der Waals surface area contributed by atoms with Crippen LogP contribution in [0.3, 0.4) is 0 Å². The molecule has 1 aromatic heterocycles. The zero-order valence-corrected chi connectivity index (χ0v) is 14.2. The molecule has 0 saturated heterocycles. The minimum Gasteiger partial charge on any atom is -0.493 e. The van der Waals surface area contributed by atoms with E-state index in [1.54, 1.807) is 13.4 Å². The Labute approximate surface area is 146 Å². The minimum atomic E-state index is -0.122. The molecule has 7 heteroatoms. The molecule has 1 aromatic carbocycles. The van der Waals surface area contributed by atoms with Crippen LogP contribution in [0.25, 0.3) is 0 Å². The lowest BCUT2D eigenvalue weighted by Crippen LogP contribution is -2.43. The number of rotatable bonds is 5. The first-order chi connectivity index (χ1) is 12.2. The van der Waals surface area contributed by atoms with Gasteiger partial charge >= 0.3 is 0 Å². The molecule has 0 unspecified atom stereocenters. The van der Waals surface area contributed by atoms with Gasteiger partial charge in [-0.1, -0.05) is 6.07 Å². The zero-order chi connectivity index (χ0) is 17.2. The number of hydrogen-bond acceptors (Lipinski definition) is 5. The van der Waals surface area contributed by atoms with Crippen LogP contribution in [0.5, 0.6) is 11.5 Å². The Kier molecular flexibility index (Phi) is 4.21. The highest BCUT2D eigenvalue weighted by Gasteiger charge is 2.25. The van der Waals surface area contributed by atoms with Crippen LogP contribution >= 0.6 is 0 Å². The molecule has 0 spiro atoms. The predicted octanol–water partition coefficient (Wildman–Crippen LogP) is 2.45. The first-order valence-corrected chi connectivity index (χ1v) is 8.64. The lowest BCUT2D eigenvalue weighted by molar-refractivity contribution is 0.0942. The van der Waals surface area contributed by atoms with Gasteiger partial charge in [0.15, 0.2) is 17.3 Å². The third kappa shape index (κ3) is 3.14. The van der Waals surface area contributed by atoms with E-state index in [4.69, 9.17) is 9.47 Å². The molecular formula is C18H22N4O3. The molecule has 7 nitrogen and oxygen atoms in total. The van der Waals surface area contributed by atoms with Crippen molar-refractivity contribution in [3.63, 3.8) is 0 Å². The second-order valence-electron chi connectivity index (χ2n) is 6.47. The average molecular weight is 342 g/mol. The fourth-order valence-corrected chi connectivity index (χ4v) is 3.47. The first kappa shape index (κ1) is 15.8. The van der Waals surface area contributed by atoms with E-state index in [1.165, 1.54) is 12.8 Å². The predicted molar refractivity (Wildman–Crippen MR) is 93.0 cm³/mol. The summed E-state index contributed by atoms with van der Waals surface area (Å²) < 4.78 is 11.6. The van der Waals surface area contributed by atoms with E-state index >= 15 is 0 Å². The molecule has 1 aliphatic heterocycles. The van der Waals surface area contributed by atoms with Crippen LogP contribution in [0.4, 0.5) is 5.82 Å². The molecule has 2 heterocycles. The maximum absolute atomic E-state index is 11.8. The van der Waals surface area contributed by atoms with Crippen LogP contribution in [-0.4, -0.2) is 35.8 Å². The summed E-state index contributed by atoms with van der Waals surface area (Å²) >= 11 is 0. The molecule has 2 aliphatic rings. The Morgan fingerprint density at radius 2 is 2.12 bits per heavy atom. The van der Waals surface area contributed by atoms with Gasteiger partial charge in [0, 0.05) is 6.54 Å². The number of amides is 1. The van der Waals surface area contributed by atoms with Crippen molar-refractivity contribution in [2.75, 3.05) is 18.7 Å². The molecule has 0 atom stereocenters. The number of benzene rings is 1. The minimum absolute atomic E-state index is 0.122. The number of nitrogens with one attached hydrogen (secondary N) is 2. The molecule has 2 aromatic rings. The molecule has 4 rings (SSSR count). The number of nitrogens with zero attached hydrogens (tertiary/aromatic N) is 2. The highest BCUT2D eigenvalue weighted by atomic mass is 16.5. The number of fused-ring (bicyclic) bond motifs is 1. The van der Waals surface area contributed by atoms with Gasteiger partial charge in [-0.2, -0.15) is 0 Å². The average Bonchev–Trinajstić information content (AvgIpc) is 3.30. The lowest BCUT2D eigenvalue weighted by Gasteiger charge is -2.28. The number of aromatic nitrogens is 2. The van der Waals surface area contributed by atoms with Crippen LogP contribution < -0.4 is 19.7 Å². The van der Waals surface area contributed by atoms with Crippen LogP contribution in [0.1, 0.15) is 41.7 Å². The summed E-state index contributed by atoms with van der Waals surface area (Å²) in [5.41, 5.74) is 1.58. The molecule has 0 bridgehead atoms. The van der Waals surface area contributed by atoms with Crippen LogP contribution in [0.15, 0.2) is 24.5 Å². The van der Waals surface area contributed by atoms with E-state index < -0.39 is 0 Å². The summed E-state index contributed by atoms with van der Waals surface area (Å²) in [5, 5.41) is 2.85. The number of aromatic amines is 1. The molecule has 1 aliphatic carbocycles. The molecular weight excluding hydrogens is 320 g/mol. The third-order valence-corrected chi connectivity index (χ3v) is 4.77. The number of H-pyrrole nitrogens is 1. The van der Waals surface area contributed by atoms with Gasteiger partial charge < -0.3 is 24.7 Å². The van der Waals surface area contributed by atoms with E-state index in [0.29, 0.717) is 24.7 Å². The topological polar surface area (TPSA) is 79.5 Å². The number of imidazole rings is 1. The van der Waals surface area contributed by atoms with Crippen molar-refractivity contribution in [2.45, 2.75) is 38.3 Å². The summed E-state index contributed by atoms with van der Waals surface area (Å²) in [5.74, 6) is 2.10. The highest BCUT2D eigenvalue weighted by Crippen LogP contribution is 2.33. The van der Waals surface area contributed by atoms with Crippen LogP contribution in [-0.2, 0) is 6.54 Å². The van der Waals surface area contributed by atoms with Crippen LogP contribution in [0, 0.1) is 0 Å². The largest absolute Gasteiger partial charge is 0.493 e. The summed E-state index contributed by atoms with van der Waals surface area (Å²) in [7, 11) is 1.66. The number of ether oxygens (including phenoxy) is 2. The molecule has 1 fully saturated rings. The van der Waals surface area contributed by atoms with Crippen molar-refractivity contribution >= 4 is 11.7 Å². The van der Waals surface area contributed by atoms with Gasteiger partial charge in [0.05, 0.1) is 26.2 Å². The SMILES string of the molecule is COc1ccc(CN2CNC(=O)c3[nH]cnc32)cc1OC1CCCC1. The maximum Gasteiger partial charge on any atom is 0.272 e. The van der Waals surface area contributed by atoms with Gasteiger partial charge in [-0.15, -0.1) is 0 Å². The Morgan fingerprint density at radius 1 is 1.28 bits per heavy atom. The number of methoxy groups -OCH3 is 1. The number of hydrogen-bond donors (Lipinski definition) is 2. The Morgan fingerprint density at radius 3 is 2.92 bits per heavy atom. The zero-order valence-electron chi connectivity index (χ0n) is 14.2. The third-order valence-electron chi connectivity index (χ3n) is 4.77. The summed E-state index contributed by atoms with van der Waals surface area (Å²) in [6.45, 7) is 1.06. The fraction of sp³-hybridized carbons (Fsp3) is 0.444. The number of anilines is 1. The summed E-state index contributed by atoms with van der Waals surface area (Å²) in [6, 6.07) is 5.98. The summed E-state index contributed by atoms with van der Waals surface area (Å²) in [4.78, 5) is 21.0. The number of carbonyl (C=O) groups excluding carboxylic acids is 1. The standard InChI is InChI=1S/C18H22N4O3/c1-24-14-7-6-12(8-15(14)25-13-4-2-3-5-13)9-22-11-21-18(23)16-17(22)20-10-19-16/h6-8,10,13H,2-5,9,11H2,1H3,(H,19,20)(H,21,23). The molecule has 2 N–H and O–H groups in total. The Balaban J connectivity index is 1.55.